The molecule has 0 nitrogen and oxygen atoms in total. The van der Waals surface area contributed by atoms with Gasteiger partial charge in [-0.15, -0.1) is 0 Å². The molecule has 0 saturated carbocycles. The maximum Gasteiger partial charge on any atom is 0.0992 e. The van der Waals surface area contributed by atoms with Gasteiger partial charge < -0.3 is 0 Å². The lowest BCUT2D eigenvalue weighted by molar-refractivity contribution is 2.45. The van der Waals surface area contributed by atoms with Crippen molar-refractivity contribution in [2.24, 2.45) is 0 Å². The molecule has 0 aliphatic rings. The van der Waals surface area contributed by atoms with Crippen LogP contribution >= 0.6 is 46.4 Å². The topological polar surface area (TPSA) is 0 Å². The average Bonchev–Trinajstić information content (AvgIpc) is 1.65. The lowest BCUT2D eigenvalue weighted by Gasteiger charge is -1.57. The minimum atomic E-state index is 0.111. The van der Waals surface area contributed by atoms with Gasteiger partial charge in [0.2, 0.25) is 0 Å². The molecular weight excluding hydrogens is 190 g/mol. The van der Waals surface area contributed by atoms with E-state index in [4.69, 9.17) is 46.4 Å². The Balaban J connectivity index is 0. The molecular formula is C4H4Cl4. The molecule has 0 fully saturated rings. The van der Waals surface area contributed by atoms with Crippen LogP contribution in [0.2, 0.25) is 0 Å². The van der Waals surface area contributed by atoms with Gasteiger partial charge in [-0.3, -0.25) is 0 Å². The number of hydrogen-bond donors (Lipinski definition) is 0. The van der Waals surface area contributed by atoms with Crippen molar-refractivity contribution in [3.8, 4) is 0 Å². The van der Waals surface area contributed by atoms with Crippen LogP contribution in [0.1, 0.15) is 0 Å². The second-order valence-corrected chi connectivity index (χ2v) is 2.20. The minimum absolute atomic E-state index is 0.111. The predicted octanol–water partition coefficient (Wildman–Crippen LogP) is 3.87. The fourth-order valence-electron chi connectivity index (χ4n) is 0. The second-order valence-electron chi connectivity index (χ2n) is 0.591. The molecule has 0 N–H and O–H groups in total. The highest BCUT2D eigenvalue weighted by molar-refractivity contribution is 6.55. The first kappa shape index (κ1) is 11.4. The molecule has 0 aromatic rings. The molecule has 0 aliphatic heterocycles. The van der Waals surface area contributed by atoms with Crippen molar-refractivity contribution in [2.45, 2.75) is 0 Å². The highest BCUT2D eigenvalue weighted by Crippen LogP contribution is 1.98. The lowest BCUT2D eigenvalue weighted by Crippen LogP contribution is -1.24. The van der Waals surface area contributed by atoms with Gasteiger partial charge in [0.25, 0.3) is 0 Å². The van der Waals surface area contributed by atoms with Crippen LogP contribution in [-0.2, 0) is 0 Å². The largest absolute Gasteiger partial charge is 0.0992 e. The summed E-state index contributed by atoms with van der Waals surface area (Å²) in [6, 6.07) is 0. The summed E-state index contributed by atoms with van der Waals surface area (Å²) in [5.41, 5.74) is 2.48. The maximum absolute atomic E-state index is 4.87. The van der Waals surface area contributed by atoms with Crippen molar-refractivity contribution in [1.82, 2.24) is 0 Å². The zero-order valence-electron chi connectivity index (χ0n) is 3.87. The van der Waals surface area contributed by atoms with Crippen LogP contribution in [0.3, 0.4) is 0 Å². The number of rotatable bonds is 0. The molecule has 0 rings (SSSR count). The summed E-state index contributed by atoms with van der Waals surface area (Å²) in [6.45, 7) is 3.09. The highest BCUT2D eigenvalue weighted by atomic mass is 35.5. The van der Waals surface area contributed by atoms with Crippen LogP contribution in [0.25, 0.3) is 0 Å². The zero-order valence-corrected chi connectivity index (χ0v) is 6.90. The quantitative estimate of drug-likeness (QED) is 0.548. The van der Waals surface area contributed by atoms with Gasteiger partial charge in [-0.1, -0.05) is 53.0 Å². The minimum Gasteiger partial charge on any atom is -0.0920 e. The summed E-state index contributed by atoms with van der Waals surface area (Å²) < 4.78 is 0.111. The molecule has 8 heavy (non-hydrogen) atoms. The van der Waals surface area contributed by atoms with E-state index in [1.807, 2.05) is 0 Å². The SMILES string of the molecule is C=C(Cl)Cl.ClC=CCl. The van der Waals surface area contributed by atoms with Crippen LogP contribution in [0.4, 0.5) is 0 Å². The molecule has 0 aromatic carbocycles. The van der Waals surface area contributed by atoms with Crippen molar-refractivity contribution in [1.29, 1.82) is 0 Å². The summed E-state index contributed by atoms with van der Waals surface area (Å²) >= 11 is 19.4. The first-order valence-corrected chi connectivity index (χ1v) is 3.13. The highest BCUT2D eigenvalue weighted by Gasteiger charge is 1.60. The molecule has 0 aliphatic carbocycles. The summed E-state index contributed by atoms with van der Waals surface area (Å²) in [6.07, 6.45) is 0. The van der Waals surface area contributed by atoms with Gasteiger partial charge >= 0.3 is 0 Å². The van der Waals surface area contributed by atoms with E-state index in [-0.39, 0.29) is 4.49 Å². The van der Waals surface area contributed by atoms with Crippen LogP contribution < -0.4 is 0 Å². The van der Waals surface area contributed by atoms with Gasteiger partial charge in [-0.2, -0.15) is 0 Å². The van der Waals surface area contributed by atoms with Crippen molar-refractivity contribution >= 4 is 46.4 Å². The predicted molar refractivity (Wildman–Crippen MR) is 41.7 cm³/mol. The molecule has 0 heterocycles. The summed E-state index contributed by atoms with van der Waals surface area (Å²) in [4.78, 5) is 0. The van der Waals surface area contributed by atoms with E-state index in [2.05, 4.69) is 6.58 Å². The standard InChI is InChI=1S/2C2H2Cl2/c1-2(3)4;3-1-2-4/h1H2;1-2H. The average molecular weight is 194 g/mol. The van der Waals surface area contributed by atoms with Gasteiger partial charge in [-0.25, -0.2) is 0 Å². The van der Waals surface area contributed by atoms with E-state index in [0.29, 0.717) is 0 Å². The van der Waals surface area contributed by atoms with E-state index in [1.54, 1.807) is 0 Å². The number of hydrogen-bond acceptors (Lipinski definition) is 0. The normalized spacial score (nSPS) is 8.00. The first-order chi connectivity index (χ1) is 3.65. The second kappa shape index (κ2) is 10.6. The Morgan fingerprint density at radius 2 is 1.25 bits per heavy atom. The third-order valence-electron chi connectivity index (χ3n) is 0.0476. The van der Waals surface area contributed by atoms with Gasteiger partial charge in [0.05, 0.1) is 4.49 Å². The Bertz CT molecular complexity index is 68.1. The smallest absolute Gasteiger partial charge is 0.0920 e. The molecule has 0 spiro atoms. The Hall–Kier alpha value is 0.640. The Kier molecular flexibility index (Phi) is 15.1. The fourth-order valence-corrected chi connectivity index (χ4v) is 0. The fraction of sp³-hybridized carbons (Fsp3) is 0. The molecule has 0 radical (unpaired) electrons. The summed E-state index contributed by atoms with van der Waals surface area (Å²) in [7, 11) is 0. The molecule has 4 heteroatoms. The summed E-state index contributed by atoms with van der Waals surface area (Å²) in [5, 5.41) is 0. The molecule has 0 amide bonds. The Labute approximate surface area is 68.7 Å². The lowest BCUT2D eigenvalue weighted by atomic mass is 11.3. The van der Waals surface area contributed by atoms with Gasteiger partial charge in [0.15, 0.2) is 0 Å². The monoisotopic (exact) mass is 192 g/mol. The van der Waals surface area contributed by atoms with Crippen molar-refractivity contribution in [2.75, 3.05) is 0 Å². The van der Waals surface area contributed by atoms with Crippen molar-refractivity contribution in [3.05, 3.63) is 22.1 Å². The third-order valence-corrected chi connectivity index (χ3v) is 0.429. The maximum atomic E-state index is 4.87. The van der Waals surface area contributed by atoms with E-state index < -0.39 is 0 Å². The van der Waals surface area contributed by atoms with Gasteiger partial charge in [-0.05, 0) is 0 Å². The molecule has 0 aromatic heterocycles. The first-order valence-electron chi connectivity index (χ1n) is 1.50. The van der Waals surface area contributed by atoms with Crippen LogP contribution in [-0.4, -0.2) is 0 Å². The molecule has 0 saturated heterocycles. The Morgan fingerprint density at radius 3 is 1.25 bits per heavy atom. The summed E-state index contributed by atoms with van der Waals surface area (Å²) in [5.74, 6) is 0. The zero-order chi connectivity index (χ0) is 6.99. The van der Waals surface area contributed by atoms with E-state index in [1.165, 1.54) is 11.1 Å². The van der Waals surface area contributed by atoms with Gasteiger partial charge in [0.1, 0.15) is 0 Å². The van der Waals surface area contributed by atoms with Gasteiger partial charge in [0, 0.05) is 11.1 Å². The number of halogens is 4. The van der Waals surface area contributed by atoms with E-state index in [9.17, 15) is 0 Å². The Morgan fingerprint density at radius 1 is 1.12 bits per heavy atom. The van der Waals surface area contributed by atoms with E-state index >= 15 is 0 Å². The molecule has 0 atom stereocenters. The van der Waals surface area contributed by atoms with Crippen molar-refractivity contribution in [3.63, 3.8) is 0 Å². The van der Waals surface area contributed by atoms with Crippen LogP contribution in [0, 0.1) is 0 Å². The molecule has 0 bridgehead atoms. The third kappa shape index (κ3) is 78.5. The van der Waals surface area contributed by atoms with Crippen LogP contribution in [0.15, 0.2) is 22.1 Å². The van der Waals surface area contributed by atoms with E-state index in [0.717, 1.165) is 0 Å². The van der Waals surface area contributed by atoms with Crippen LogP contribution in [0.5, 0.6) is 0 Å². The molecule has 0 unspecified atom stereocenters. The van der Waals surface area contributed by atoms with Crippen molar-refractivity contribution < 1.29 is 0 Å². The molecule has 48 valence electrons.